The van der Waals surface area contributed by atoms with Gasteiger partial charge in [0.15, 0.2) is 5.78 Å². The van der Waals surface area contributed by atoms with E-state index in [9.17, 15) is 19.7 Å². The predicted octanol–water partition coefficient (Wildman–Crippen LogP) is 2.79. The number of hydrogen-bond acceptors (Lipinski definition) is 4. The molecular formula is C14H8ClNO4. The number of halogens is 1. The van der Waals surface area contributed by atoms with E-state index in [4.69, 9.17) is 0 Å². The molecule has 5 nitrogen and oxygen atoms in total. The Morgan fingerprint density at radius 3 is 1.95 bits per heavy atom. The topological polar surface area (TPSA) is 77.3 Å². The van der Waals surface area contributed by atoms with Crippen LogP contribution in [0, 0.1) is 10.1 Å². The van der Waals surface area contributed by atoms with E-state index >= 15 is 0 Å². The first-order valence-electron chi connectivity index (χ1n) is 5.57. The molecule has 0 aromatic heterocycles. The minimum Gasteiger partial charge on any atom is -0.289 e. The summed E-state index contributed by atoms with van der Waals surface area (Å²) in [6, 6.07) is 10.4. The van der Waals surface area contributed by atoms with Crippen molar-refractivity contribution in [2.24, 2.45) is 0 Å². The van der Waals surface area contributed by atoms with Crippen molar-refractivity contribution in [3.63, 3.8) is 0 Å². The van der Waals surface area contributed by atoms with E-state index < -0.39 is 10.7 Å². The first-order chi connectivity index (χ1) is 9.11. The van der Waals surface area contributed by atoms with Crippen molar-refractivity contribution in [2.45, 2.75) is 0 Å². The van der Waals surface area contributed by atoms with Crippen molar-refractivity contribution in [3.05, 3.63) is 74.8 Å². The Kier molecular flexibility index (Phi) is 3.38. The number of nitro benzene ring substituents is 1. The van der Waals surface area contributed by atoms with Crippen LogP contribution >= 0.6 is 12.4 Å². The molecule has 2 aromatic carbocycles. The average Bonchev–Trinajstić information content (AvgIpc) is 2.44. The molecule has 0 unspecified atom stereocenters. The van der Waals surface area contributed by atoms with E-state index in [1.165, 1.54) is 24.3 Å². The maximum atomic E-state index is 12.3. The van der Waals surface area contributed by atoms with E-state index in [1.54, 1.807) is 18.2 Å². The average molecular weight is 290 g/mol. The zero-order valence-corrected chi connectivity index (χ0v) is 10.8. The van der Waals surface area contributed by atoms with Gasteiger partial charge in [0, 0.05) is 22.8 Å². The molecule has 0 aliphatic heterocycles. The molecule has 3 rings (SSSR count). The van der Waals surface area contributed by atoms with E-state index in [0.717, 1.165) is 0 Å². The van der Waals surface area contributed by atoms with Gasteiger partial charge in [-0.05, 0) is 6.07 Å². The summed E-state index contributed by atoms with van der Waals surface area (Å²) in [6.45, 7) is 0. The largest absolute Gasteiger partial charge is 0.289 e. The summed E-state index contributed by atoms with van der Waals surface area (Å²) in [4.78, 5) is 34.9. The lowest BCUT2D eigenvalue weighted by Gasteiger charge is -2.16. The summed E-state index contributed by atoms with van der Waals surface area (Å²) in [7, 11) is 0. The zero-order chi connectivity index (χ0) is 13.6. The quantitative estimate of drug-likeness (QED) is 0.510. The van der Waals surface area contributed by atoms with Crippen molar-refractivity contribution < 1.29 is 14.5 Å². The molecule has 20 heavy (non-hydrogen) atoms. The van der Waals surface area contributed by atoms with E-state index in [2.05, 4.69) is 0 Å². The smallest absolute Gasteiger partial charge is 0.281 e. The van der Waals surface area contributed by atoms with Crippen LogP contribution < -0.4 is 0 Å². The molecule has 1 aliphatic rings. The first kappa shape index (κ1) is 13.9. The maximum absolute atomic E-state index is 12.3. The lowest BCUT2D eigenvalue weighted by atomic mass is 9.83. The van der Waals surface area contributed by atoms with Crippen LogP contribution in [0.2, 0.25) is 0 Å². The number of ketones is 2. The molecule has 0 radical (unpaired) electrons. The van der Waals surface area contributed by atoms with Gasteiger partial charge in [-0.2, -0.15) is 0 Å². The Balaban J connectivity index is 0.00000147. The van der Waals surface area contributed by atoms with Crippen LogP contribution in [0.25, 0.3) is 0 Å². The molecule has 6 heteroatoms. The third kappa shape index (κ3) is 1.80. The first-order valence-corrected chi connectivity index (χ1v) is 5.57. The number of carbonyl (C=O) groups is 2. The second-order valence-electron chi connectivity index (χ2n) is 4.16. The normalized spacial score (nSPS) is 12.2. The van der Waals surface area contributed by atoms with Gasteiger partial charge >= 0.3 is 0 Å². The van der Waals surface area contributed by atoms with Crippen molar-refractivity contribution in [3.8, 4) is 0 Å². The van der Waals surface area contributed by atoms with Gasteiger partial charge in [0.25, 0.3) is 5.69 Å². The van der Waals surface area contributed by atoms with Crippen LogP contribution in [0.3, 0.4) is 0 Å². The fourth-order valence-corrected chi connectivity index (χ4v) is 2.28. The van der Waals surface area contributed by atoms with Gasteiger partial charge in [-0.25, -0.2) is 0 Å². The summed E-state index contributed by atoms with van der Waals surface area (Å²) in [5, 5.41) is 11.0. The lowest BCUT2D eigenvalue weighted by Crippen LogP contribution is -2.21. The second kappa shape index (κ2) is 4.86. The molecule has 0 fully saturated rings. The number of nitro groups is 1. The molecule has 0 saturated carbocycles. The van der Waals surface area contributed by atoms with Crippen LogP contribution in [0.5, 0.6) is 0 Å². The highest BCUT2D eigenvalue weighted by Gasteiger charge is 2.34. The summed E-state index contributed by atoms with van der Waals surface area (Å²) in [5.74, 6) is -0.827. The molecule has 0 heterocycles. The molecule has 0 amide bonds. The Labute approximate surface area is 119 Å². The molecule has 0 spiro atoms. The molecule has 0 saturated heterocycles. The summed E-state index contributed by atoms with van der Waals surface area (Å²) < 4.78 is 0. The number of carbonyl (C=O) groups excluding carboxylic acids is 2. The van der Waals surface area contributed by atoms with E-state index in [0.29, 0.717) is 5.56 Å². The molecule has 2 aromatic rings. The SMILES string of the molecule is Cl.O=C1c2ccccc2C(=O)c2c1cccc2[N+](=O)[O-]. The van der Waals surface area contributed by atoms with Gasteiger partial charge in [0.1, 0.15) is 5.56 Å². The van der Waals surface area contributed by atoms with Crippen molar-refractivity contribution in [1.29, 1.82) is 0 Å². The minimum atomic E-state index is -0.641. The number of rotatable bonds is 1. The second-order valence-corrected chi connectivity index (χ2v) is 4.16. The van der Waals surface area contributed by atoms with Crippen molar-refractivity contribution >= 4 is 29.7 Å². The van der Waals surface area contributed by atoms with Gasteiger partial charge in [0.05, 0.1) is 4.92 Å². The maximum Gasteiger partial charge on any atom is 0.281 e. The fourth-order valence-electron chi connectivity index (χ4n) is 2.28. The number of hydrogen-bond donors (Lipinski definition) is 0. The molecule has 1 aliphatic carbocycles. The van der Waals surface area contributed by atoms with Crippen LogP contribution in [0.4, 0.5) is 5.69 Å². The lowest BCUT2D eigenvalue weighted by molar-refractivity contribution is -0.385. The number of fused-ring (bicyclic) bond motifs is 2. The highest BCUT2D eigenvalue weighted by Crippen LogP contribution is 2.32. The monoisotopic (exact) mass is 289 g/mol. The molecule has 0 atom stereocenters. The fraction of sp³-hybridized carbons (Fsp3) is 0. The molecule has 0 bridgehead atoms. The third-order valence-corrected chi connectivity index (χ3v) is 3.13. The molecular weight excluding hydrogens is 282 g/mol. The van der Waals surface area contributed by atoms with Crippen LogP contribution in [0.15, 0.2) is 42.5 Å². The molecule has 100 valence electrons. The van der Waals surface area contributed by atoms with E-state index in [-0.39, 0.29) is 40.6 Å². The van der Waals surface area contributed by atoms with Crippen LogP contribution in [-0.4, -0.2) is 16.5 Å². The Hall–Kier alpha value is -2.53. The van der Waals surface area contributed by atoms with Crippen molar-refractivity contribution in [1.82, 2.24) is 0 Å². The number of nitrogens with zero attached hydrogens (tertiary/aromatic N) is 1. The highest BCUT2D eigenvalue weighted by atomic mass is 35.5. The number of benzene rings is 2. The summed E-state index contributed by atoms with van der Waals surface area (Å²) in [6.07, 6.45) is 0. The van der Waals surface area contributed by atoms with Gasteiger partial charge in [-0.3, -0.25) is 19.7 Å². The highest BCUT2D eigenvalue weighted by molar-refractivity contribution is 6.29. The van der Waals surface area contributed by atoms with Gasteiger partial charge < -0.3 is 0 Å². The van der Waals surface area contributed by atoms with Gasteiger partial charge in [-0.15, -0.1) is 12.4 Å². The predicted molar refractivity (Wildman–Crippen MR) is 73.7 cm³/mol. The summed E-state index contributed by atoms with van der Waals surface area (Å²) >= 11 is 0. The van der Waals surface area contributed by atoms with Gasteiger partial charge in [-0.1, -0.05) is 30.3 Å². The zero-order valence-electron chi connectivity index (χ0n) is 10.0. The van der Waals surface area contributed by atoms with Crippen molar-refractivity contribution in [2.75, 3.05) is 0 Å². The van der Waals surface area contributed by atoms with E-state index in [1.807, 2.05) is 0 Å². The Morgan fingerprint density at radius 1 is 0.800 bits per heavy atom. The minimum absolute atomic E-state index is 0. The summed E-state index contributed by atoms with van der Waals surface area (Å²) in [5.41, 5.74) is 0.161. The Bertz CT molecular complexity index is 755. The molecule has 0 N–H and O–H groups in total. The van der Waals surface area contributed by atoms with Crippen LogP contribution in [0.1, 0.15) is 31.8 Å². The van der Waals surface area contributed by atoms with Crippen LogP contribution in [-0.2, 0) is 0 Å². The standard InChI is InChI=1S/C14H7NO4.ClH/c16-13-8-4-1-2-5-9(8)14(17)12-10(13)6-3-7-11(12)15(18)19;/h1-7H;1H. The third-order valence-electron chi connectivity index (χ3n) is 3.13. The van der Waals surface area contributed by atoms with Gasteiger partial charge in [0.2, 0.25) is 5.78 Å². The Morgan fingerprint density at radius 2 is 1.35 bits per heavy atom.